The number of aryl methyl sites for hydroxylation is 1. The van der Waals surface area contributed by atoms with E-state index in [0.29, 0.717) is 18.2 Å². The molecule has 0 fully saturated rings. The monoisotopic (exact) mass is 292 g/mol. The van der Waals surface area contributed by atoms with Crippen LogP contribution < -0.4 is 10.6 Å². The maximum atomic E-state index is 12.8. The largest absolute Gasteiger partial charge is 0.359 e. The molecule has 106 valence electrons. The Morgan fingerprint density at radius 2 is 1.90 bits per heavy atom. The van der Waals surface area contributed by atoms with Gasteiger partial charge in [0.05, 0.1) is 12.2 Å². The predicted molar refractivity (Wildman–Crippen MR) is 80.6 cm³/mol. The van der Waals surface area contributed by atoms with E-state index >= 15 is 0 Å². The van der Waals surface area contributed by atoms with Crippen LogP contribution in [0, 0.1) is 5.82 Å². The third-order valence-electron chi connectivity index (χ3n) is 2.82. The van der Waals surface area contributed by atoms with Gasteiger partial charge in [0.25, 0.3) is 0 Å². The van der Waals surface area contributed by atoms with E-state index in [1.165, 1.54) is 12.1 Å². The first kappa shape index (κ1) is 14.5. The molecule has 0 radical (unpaired) electrons. The van der Waals surface area contributed by atoms with Crippen molar-refractivity contribution < 1.29 is 4.39 Å². The number of hydrogen-bond acceptors (Lipinski definition) is 2. The molecule has 2 aromatic rings. The fourth-order valence-corrected chi connectivity index (χ4v) is 1.84. The summed E-state index contributed by atoms with van der Waals surface area (Å²) in [5.41, 5.74) is 1.92. The third kappa shape index (κ3) is 4.31. The van der Waals surface area contributed by atoms with Gasteiger partial charge in [-0.3, -0.25) is 4.68 Å². The van der Waals surface area contributed by atoms with E-state index in [0.717, 1.165) is 17.8 Å². The minimum atomic E-state index is -0.235. The minimum absolute atomic E-state index is 0.235. The summed E-state index contributed by atoms with van der Waals surface area (Å²) in [5.74, 6) is -0.235. The third-order valence-corrected chi connectivity index (χ3v) is 3.10. The normalized spacial score (nSPS) is 10.3. The zero-order valence-electron chi connectivity index (χ0n) is 11.3. The average Bonchev–Trinajstić information content (AvgIpc) is 2.92. The highest BCUT2D eigenvalue weighted by Gasteiger charge is 2.00. The van der Waals surface area contributed by atoms with Gasteiger partial charge in [-0.2, -0.15) is 5.10 Å². The Labute approximate surface area is 123 Å². The summed E-state index contributed by atoms with van der Waals surface area (Å²) in [4.78, 5) is 0. The molecule has 2 N–H and O–H groups in total. The SMILES string of the molecule is CCn1ccc(CNC(=S)NCc2ccc(F)cc2)n1. The first-order valence-corrected chi connectivity index (χ1v) is 6.86. The van der Waals surface area contributed by atoms with Gasteiger partial charge in [-0.1, -0.05) is 12.1 Å². The highest BCUT2D eigenvalue weighted by molar-refractivity contribution is 7.80. The summed E-state index contributed by atoms with van der Waals surface area (Å²) in [6.45, 7) is 4.05. The van der Waals surface area contributed by atoms with Crippen molar-refractivity contribution in [1.29, 1.82) is 0 Å². The molecule has 0 saturated heterocycles. The smallest absolute Gasteiger partial charge is 0.166 e. The molecule has 0 aliphatic heterocycles. The predicted octanol–water partition coefficient (Wildman–Crippen LogP) is 2.21. The van der Waals surface area contributed by atoms with Crippen LogP contribution in [0.1, 0.15) is 18.2 Å². The molecule has 0 saturated carbocycles. The number of hydrogen-bond donors (Lipinski definition) is 2. The van der Waals surface area contributed by atoms with Crippen LogP contribution in [0.5, 0.6) is 0 Å². The molecule has 20 heavy (non-hydrogen) atoms. The van der Waals surface area contributed by atoms with E-state index in [9.17, 15) is 4.39 Å². The molecule has 0 amide bonds. The van der Waals surface area contributed by atoms with Gasteiger partial charge < -0.3 is 10.6 Å². The van der Waals surface area contributed by atoms with Gasteiger partial charge in [-0.25, -0.2) is 4.39 Å². The molecule has 0 bridgehead atoms. The highest BCUT2D eigenvalue weighted by Crippen LogP contribution is 2.02. The fourth-order valence-electron chi connectivity index (χ4n) is 1.69. The van der Waals surface area contributed by atoms with E-state index in [-0.39, 0.29) is 5.82 Å². The lowest BCUT2D eigenvalue weighted by atomic mass is 10.2. The zero-order valence-corrected chi connectivity index (χ0v) is 12.1. The molecule has 0 aliphatic carbocycles. The van der Waals surface area contributed by atoms with E-state index in [1.54, 1.807) is 12.1 Å². The molecule has 1 heterocycles. The number of thiocarbonyl (C=S) groups is 1. The Balaban J connectivity index is 1.74. The van der Waals surface area contributed by atoms with Crippen LogP contribution in [0.15, 0.2) is 36.5 Å². The van der Waals surface area contributed by atoms with Crippen LogP contribution in [-0.2, 0) is 19.6 Å². The Morgan fingerprint density at radius 3 is 2.55 bits per heavy atom. The van der Waals surface area contributed by atoms with Crippen LogP contribution in [0.3, 0.4) is 0 Å². The molecule has 4 nitrogen and oxygen atoms in total. The molecule has 2 rings (SSSR count). The quantitative estimate of drug-likeness (QED) is 0.829. The van der Waals surface area contributed by atoms with E-state index in [4.69, 9.17) is 12.2 Å². The van der Waals surface area contributed by atoms with Gasteiger partial charge in [0.15, 0.2) is 5.11 Å². The molecule has 1 aromatic heterocycles. The number of nitrogens with one attached hydrogen (secondary N) is 2. The zero-order chi connectivity index (χ0) is 14.4. The summed E-state index contributed by atoms with van der Waals surface area (Å²) < 4.78 is 14.6. The lowest BCUT2D eigenvalue weighted by molar-refractivity contribution is 0.626. The van der Waals surface area contributed by atoms with Gasteiger partial charge in [0.1, 0.15) is 5.82 Å². The summed E-state index contributed by atoms with van der Waals surface area (Å²) >= 11 is 5.18. The Kier molecular flexibility index (Phi) is 5.06. The van der Waals surface area contributed by atoms with E-state index in [1.807, 2.05) is 23.9 Å². The lowest BCUT2D eigenvalue weighted by Gasteiger charge is -2.09. The van der Waals surface area contributed by atoms with E-state index in [2.05, 4.69) is 15.7 Å². The molecule has 1 aromatic carbocycles. The second-order valence-electron chi connectivity index (χ2n) is 4.33. The topological polar surface area (TPSA) is 41.9 Å². The van der Waals surface area contributed by atoms with Gasteiger partial charge >= 0.3 is 0 Å². The molecule has 0 aliphatic rings. The van der Waals surface area contributed by atoms with Crippen molar-refractivity contribution in [1.82, 2.24) is 20.4 Å². The summed E-state index contributed by atoms with van der Waals surface area (Å²) in [7, 11) is 0. The van der Waals surface area contributed by atoms with Crippen LogP contribution >= 0.6 is 12.2 Å². The second-order valence-corrected chi connectivity index (χ2v) is 4.73. The van der Waals surface area contributed by atoms with Crippen LogP contribution in [0.4, 0.5) is 4.39 Å². The van der Waals surface area contributed by atoms with E-state index < -0.39 is 0 Å². The number of aromatic nitrogens is 2. The lowest BCUT2D eigenvalue weighted by Crippen LogP contribution is -2.34. The van der Waals surface area contributed by atoms with Crippen molar-refractivity contribution in [2.45, 2.75) is 26.6 Å². The van der Waals surface area contributed by atoms with Crippen LogP contribution in [-0.4, -0.2) is 14.9 Å². The highest BCUT2D eigenvalue weighted by atomic mass is 32.1. The van der Waals surface area contributed by atoms with Crippen molar-refractivity contribution in [2.75, 3.05) is 0 Å². The fraction of sp³-hybridized carbons (Fsp3) is 0.286. The number of benzene rings is 1. The number of halogens is 1. The average molecular weight is 292 g/mol. The van der Waals surface area contributed by atoms with Crippen LogP contribution in [0.25, 0.3) is 0 Å². The summed E-state index contributed by atoms with van der Waals surface area (Å²) in [6.07, 6.45) is 1.94. The summed E-state index contributed by atoms with van der Waals surface area (Å²) in [6, 6.07) is 8.29. The Bertz CT molecular complexity index is 565. The van der Waals surface area contributed by atoms with Gasteiger partial charge in [0.2, 0.25) is 0 Å². The van der Waals surface area contributed by atoms with Crippen molar-refractivity contribution in [3.63, 3.8) is 0 Å². The van der Waals surface area contributed by atoms with Crippen molar-refractivity contribution >= 4 is 17.3 Å². The first-order chi connectivity index (χ1) is 9.67. The standard InChI is InChI=1S/C14H17FN4S/c1-2-19-8-7-13(18-19)10-17-14(20)16-9-11-3-5-12(15)6-4-11/h3-8H,2,9-10H2,1H3,(H2,16,17,20). The minimum Gasteiger partial charge on any atom is -0.359 e. The van der Waals surface area contributed by atoms with Crippen molar-refractivity contribution in [2.24, 2.45) is 0 Å². The van der Waals surface area contributed by atoms with Gasteiger partial charge in [0, 0.05) is 19.3 Å². The molecule has 0 unspecified atom stereocenters. The van der Waals surface area contributed by atoms with Crippen LogP contribution in [0.2, 0.25) is 0 Å². The number of rotatable bonds is 5. The van der Waals surface area contributed by atoms with Crippen molar-refractivity contribution in [3.05, 3.63) is 53.6 Å². The molecule has 0 spiro atoms. The molecular weight excluding hydrogens is 275 g/mol. The van der Waals surface area contributed by atoms with Crippen molar-refractivity contribution in [3.8, 4) is 0 Å². The summed E-state index contributed by atoms with van der Waals surface area (Å²) in [5, 5.41) is 11.1. The first-order valence-electron chi connectivity index (χ1n) is 6.46. The maximum Gasteiger partial charge on any atom is 0.166 e. The van der Waals surface area contributed by atoms with Gasteiger partial charge in [-0.15, -0.1) is 0 Å². The molecule has 6 heteroatoms. The van der Waals surface area contributed by atoms with Gasteiger partial charge in [-0.05, 0) is 42.9 Å². The maximum absolute atomic E-state index is 12.8. The Morgan fingerprint density at radius 1 is 1.20 bits per heavy atom. The second kappa shape index (κ2) is 7.00. The Hall–Kier alpha value is -1.95. The molecular formula is C14H17FN4S. The number of nitrogens with zero attached hydrogens (tertiary/aromatic N) is 2. The molecule has 0 atom stereocenters.